The molecule has 1 heterocycles. The molecule has 0 radical (unpaired) electrons. The number of ether oxygens (including phenoxy) is 1. The highest BCUT2D eigenvalue weighted by Gasteiger charge is 1.99. The fraction of sp³-hybridized carbons (Fsp3) is 0.231. The molecule has 2 nitrogen and oxygen atoms in total. The Morgan fingerprint density at radius 1 is 1.24 bits per heavy atom. The Hall–Kier alpha value is -0.840. The molecule has 0 fully saturated rings. The minimum absolute atomic E-state index is 0.618. The Morgan fingerprint density at radius 3 is 2.59 bits per heavy atom. The van der Waals surface area contributed by atoms with Crippen molar-refractivity contribution in [2.45, 2.75) is 13.0 Å². The first kappa shape index (κ1) is 12.6. The van der Waals surface area contributed by atoms with Gasteiger partial charge in [-0.1, -0.05) is 12.1 Å². The van der Waals surface area contributed by atoms with Gasteiger partial charge in [0.25, 0.3) is 0 Å². The summed E-state index contributed by atoms with van der Waals surface area (Å²) in [4.78, 5) is 1.21. The van der Waals surface area contributed by atoms with E-state index in [1.54, 1.807) is 11.3 Å². The van der Waals surface area contributed by atoms with E-state index in [4.69, 9.17) is 10.5 Å². The minimum Gasteiger partial charge on any atom is -0.488 e. The number of halogens is 1. The van der Waals surface area contributed by atoms with Crippen LogP contribution in [0.3, 0.4) is 0 Å². The lowest BCUT2D eigenvalue weighted by Crippen LogP contribution is -2.02. The third kappa shape index (κ3) is 3.84. The molecule has 0 amide bonds. The van der Waals surface area contributed by atoms with E-state index in [-0.39, 0.29) is 0 Å². The maximum absolute atomic E-state index is 5.70. The number of rotatable bonds is 5. The van der Waals surface area contributed by atoms with Gasteiger partial charge in [0.15, 0.2) is 0 Å². The van der Waals surface area contributed by atoms with Gasteiger partial charge < -0.3 is 10.5 Å². The number of hydrogen-bond acceptors (Lipinski definition) is 3. The van der Waals surface area contributed by atoms with E-state index >= 15 is 0 Å². The lowest BCUT2D eigenvalue weighted by Gasteiger charge is -2.05. The standard InChI is InChI=1S/C13H14BrNOS/c14-11-7-13(17-9-11)8-16-12-3-1-10(2-4-12)5-6-15/h1-4,7,9H,5-6,8,15H2. The average Bonchev–Trinajstić information content (AvgIpc) is 2.75. The molecule has 0 aliphatic rings. The highest BCUT2D eigenvalue weighted by molar-refractivity contribution is 9.10. The van der Waals surface area contributed by atoms with Crippen LogP contribution in [-0.4, -0.2) is 6.54 Å². The van der Waals surface area contributed by atoms with Gasteiger partial charge in [0.2, 0.25) is 0 Å². The molecule has 2 N–H and O–H groups in total. The van der Waals surface area contributed by atoms with E-state index in [0.717, 1.165) is 16.6 Å². The van der Waals surface area contributed by atoms with Gasteiger partial charge >= 0.3 is 0 Å². The van der Waals surface area contributed by atoms with Gasteiger partial charge in [-0.15, -0.1) is 11.3 Å². The van der Waals surface area contributed by atoms with Crippen LogP contribution in [0, 0.1) is 0 Å². The van der Waals surface area contributed by atoms with Crippen molar-refractivity contribution in [2.24, 2.45) is 5.73 Å². The minimum atomic E-state index is 0.618. The Balaban J connectivity index is 1.90. The van der Waals surface area contributed by atoms with Crippen LogP contribution in [-0.2, 0) is 13.0 Å². The molecule has 2 rings (SSSR count). The van der Waals surface area contributed by atoms with Gasteiger partial charge in [-0.3, -0.25) is 0 Å². The highest BCUT2D eigenvalue weighted by Crippen LogP contribution is 2.21. The highest BCUT2D eigenvalue weighted by atomic mass is 79.9. The molecule has 0 bridgehead atoms. The molecule has 0 unspecified atom stereocenters. The van der Waals surface area contributed by atoms with Gasteiger partial charge in [-0.2, -0.15) is 0 Å². The van der Waals surface area contributed by atoms with Crippen LogP contribution in [0.2, 0.25) is 0 Å². The third-order valence-electron chi connectivity index (χ3n) is 2.36. The molecule has 0 atom stereocenters. The van der Waals surface area contributed by atoms with Crippen LogP contribution in [0.1, 0.15) is 10.4 Å². The summed E-state index contributed by atoms with van der Waals surface area (Å²) in [5, 5.41) is 2.06. The molecule has 1 aromatic carbocycles. The van der Waals surface area contributed by atoms with Crippen molar-refractivity contribution >= 4 is 27.3 Å². The summed E-state index contributed by atoms with van der Waals surface area (Å²) in [6, 6.07) is 10.2. The van der Waals surface area contributed by atoms with Gasteiger partial charge in [-0.05, 0) is 52.7 Å². The number of thiophene rings is 1. The predicted molar refractivity (Wildman–Crippen MR) is 75.6 cm³/mol. The van der Waals surface area contributed by atoms with E-state index in [2.05, 4.69) is 39.5 Å². The third-order valence-corrected chi connectivity index (χ3v) is 4.03. The first-order chi connectivity index (χ1) is 8.28. The molecule has 0 saturated carbocycles. The van der Waals surface area contributed by atoms with E-state index in [9.17, 15) is 0 Å². The van der Waals surface area contributed by atoms with E-state index < -0.39 is 0 Å². The Morgan fingerprint density at radius 2 is 2.00 bits per heavy atom. The molecule has 0 aliphatic carbocycles. The zero-order chi connectivity index (χ0) is 12.1. The van der Waals surface area contributed by atoms with Crippen molar-refractivity contribution in [3.8, 4) is 5.75 Å². The van der Waals surface area contributed by atoms with Crippen molar-refractivity contribution < 1.29 is 4.74 Å². The van der Waals surface area contributed by atoms with Crippen LogP contribution < -0.4 is 10.5 Å². The van der Waals surface area contributed by atoms with Crippen LogP contribution >= 0.6 is 27.3 Å². The number of benzene rings is 1. The second kappa shape index (κ2) is 6.19. The fourth-order valence-electron chi connectivity index (χ4n) is 1.50. The summed E-state index contributed by atoms with van der Waals surface area (Å²) in [6.45, 7) is 1.30. The van der Waals surface area contributed by atoms with Crippen molar-refractivity contribution in [3.05, 3.63) is 50.6 Å². The second-order valence-electron chi connectivity index (χ2n) is 3.70. The molecule has 0 aliphatic heterocycles. The molecular weight excluding hydrogens is 298 g/mol. The van der Waals surface area contributed by atoms with Gasteiger partial charge in [-0.25, -0.2) is 0 Å². The molecule has 0 saturated heterocycles. The monoisotopic (exact) mass is 311 g/mol. The summed E-state index contributed by atoms with van der Waals surface area (Å²) < 4.78 is 6.81. The molecule has 4 heteroatoms. The van der Waals surface area contributed by atoms with Gasteiger partial charge in [0.05, 0.1) is 0 Å². The molecule has 90 valence electrons. The van der Waals surface area contributed by atoms with E-state index in [0.29, 0.717) is 13.2 Å². The van der Waals surface area contributed by atoms with Crippen molar-refractivity contribution in [1.82, 2.24) is 0 Å². The van der Waals surface area contributed by atoms with Gasteiger partial charge in [0.1, 0.15) is 12.4 Å². The van der Waals surface area contributed by atoms with Crippen LogP contribution in [0.5, 0.6) is 5.75 Å². The summed E-state index contributed by atoms with van der Waals surface area (Å²) in [5.41, 5.74) is 6.75. The molecular formula is C13H14BrNOS. The lowest BCUT2D eigenvalue weighted by atomic mass is 10.1. The van der Waals surface area contributed by atoms with Gasteiger partial charge in [0, 0.05) is 14.7 Å². The molecule has 0 spiro atoms. The van der Waals surface area contributed by atoms with Crippen molar-refractivity contribution in [3.63, 3.8) is 0 Å². The average molecular weight is 312 g/mol. The normalized spacial score (nSPS) is 10.5. The second-order valence-corrected chi connectivity index (χ2v) is 5.61. The Labute approximate surface area is 114 Å². The maximum Gasteiger partial charge on any atom is 0.122 e. The SMILES string of the molecule is NCCc1ccc(OCc2cc(Br)cs2)cc1. The molecule has 1 aromatic heterocycles. The summed E-state index contributed by atoms with van der Waals surface area (Å²) >= 11 is 5.12. The molecule has 17 heavy (non-hydrogen) atoms. The maximum atomic E-state index is 5.70. The van der Waals surface area contributed by atoms with Crippen LogP contribution in [0.25, 0.3) is 0 Å². The van der Waals surface area contributed by atoms with E-state index in [1.807, 2.05) is 12.1 Å². The quantitative estimate of drug-likeness (QED) is 0.916. The lowest BCUT2D eigenvalue weighted by molar-refractivity contribution is 0.309. The zero-order valence-corrected chi connectivity index (χ0v) is 11.8. The van der Waals surface area contributed by atoms with Crippen LogP contribution in [0.15, 0.2) is 40.2 Å². The summed E-state index contributed by atoms with van der Waals surface area (Å²) in [7, 11) is 0. The van der Waals surface area contributed by atoms with Crippen molar-refractivity contribution in [2.75, 3.05) is 6.54 Å². The number of nitrogens with two attached hydrogens (primary N) is 1. The molecule has 2 aromatic rings. The number of hydrogen-bond donors (Lipinski definition) is 1. The van der Waals surface area contributed by atoms with Crippen LogP contribution in [0.4, 0.5) is 0 Å². The van der Waals surface area contributed by atoms with E-state index in [1.165, 1.54) is 10.4 Å². The Kier molecular flexibility index (Phi) is 4.59. The largest absolute Gasteiger partial charge is 0.488 e. The first-order valence-electron chi connectivity index (χ1n) is 5.42. The smallest absolute Gasteiger partial charge is 0.122 e. The first-order valence-corrected chi connectivity index (χ1v) is 7.10. The predicted octanol–water partition coefficient (Wildman–Crippen LogP) is 3.59. The summed E-state index contributed by atoms with van der Waals surface area (Å²) in [6.07, 6.45) is 0.915. The fourth-order valence-corrected chi connectivity index (χ4v) is 2.87. The zero-order valence-electron chi connectivity index (χ0n) is 9.36. The van der Waals surface area contributed by atoms with Crippen molar-refractivity contribution in [1.29, 1.82) is 0 Å². The topological polar surface area (TPSA) is 35.2 Å². The summed E-state index contributed by atoms with van der Waals surface area (Å²) in [5.74, 6) is 0.898. The Bertz CT molecular complexity index is 467.